The van der Waals surface area contributed by atoms with E-state index < -0.39 is 0 Å². The summed E-state index contributed by atoms with van der Waals surface area (Å²) in [5, 5.41) is 16.1. The van der Waals surface area contributed by atoms with Crippen LogP contribution in [0.15, 0.2) is 60.9 Å². The number of aromatic nitrogens is 4. The number of nitrogens with one attached hydrogen (secondary N) is 2. The number of piperazine rings is 1. The normalized spacial score (nSPS) is 14.2. The number of hydrogen-bond donors (Lipinski definition) is 4. The highest BCUT2D eigenvalue weighted by Crippen LogP contribution is 2.26. The Morgan fingerprint density at radius 3 is 2.44 bits per heavy atom. The van der Waals surface area contributed by atoms with Crippen molar-refractivity contribution >= 4 is 34.3 Å². The highest BCUT2D eigenvalue weighted by atomic mass is 16.3. The van der Waals surface area contributed by atoms with E-state index in [1.54, 1.807) is 6.33 Å². The number of nitrogens with zero attached hydrogens (tertiary/aromatic N) is 6. The molecule has 0 radical (unpaired) electrons. The first-order valence-corrected chi connectivity index (χ1v) is 13.9. The molecule has 206 valence electrons. The molecule has 0 aliphatic carbocycles. The summed E-state index contributed by atoms with van der Waals surface area (Å²) in [6, 6.07) is 19.2. The van der Waals surface area contributed by atoms with Crippen molar-refractivity contribution in [1.82, 2.24) is 24.4 Å². The molecular formula is C29H39N9O. The number of anilines is 4. The van der Waals surface area contributed by atoms with Crippen LogP contribution >= 0.6 is 0 Å². The maximum atomic E-state index is 9.29. The second-order valence-electron chi connectivity index (χ2n) is 9.93. The van der Waals surface area contributed by atoms with Crippen molar-refractivity contribution < 1.29 is 5.11 Å². The second kappa shape index (κ2) is 13.4. The Kier molecular flexibility index (Phi) is 9.21. The van der Waals surface area contributed by atoms with Gasteiger partial charge in [-0.2, -0.15) is 9.97 Å². The predicted octanol–water partition coefficient (Wildman–Crippen LogP) is 3.43. The molecule has 0 saturated carbocycles. The first-order chi connectivity index (χ1) is 19.2. The Morgan fingerprint density at radius 2 is 1.69 bits per heavy atom. The summed E-state index contributed by atoms with van der Waals surface area (Å²) in [5.41, 5.74) is 10.6. The van der Waals surface area contributed by atoms with Crippen molar-refractivity contribution in [3.63, 3.8) is 0 Å². The maximum absolute atomic E-state index is 9.29. The summed E-state index contributed by atoms with van der Waals surface area (Å²) in [5.74, 6) is 1.21. The zero-order valence-corrected chi connectivity index (χ0v) is 22.5. The van der Waals surface area contributed by atoms with Crippen LogP contribution < -0.4 is 21.3 Å². The number of benzene rings is 2. The van der Waals surface area contributed by atoms with Gasteiger partial charge in [-0.05, 0) is 55.6 Å². The van der Waals surface area contributed by atoms with Crippen molar-refractivity contribution in [2.24, 2.45) is 5.73 Å². The van der Waals surface area contributed by atoms with Gasteiger partial charge in [0.25, 0.3) is 0 Å². The third kappa shape index (κ3) is 7.03. The fourth-order valence-corrected chi connectivity index (χ4v) is 4.88. The minimum atomic E-state index is 0.120. The number of aliphatic hydroxyl groups is 1. The molecule has 3 heterocycles. The molecule has 0 amide bonds. The fourth-order valence-electron chi connectivity index (χ4n) is 4.88. The maximum Gasteiger partial charge on any atom is 0.226 e. The quantitative estimate of drug-likeness (QED) is 0.193. The fraction of sp³-hybridized carbons (Fsp3) is 0.414. The molecule has 0 atom stereocenters. The van der Waals surface area contributed by atoms with Gasteiger partial charge in [-0.25, -0.2) is 4.98 Å². The van der Waals surface area contributed by atoms with Gasteiger partial charge in [0.1, 0.15) is 0 Å². The Labute approximate surface area is 229 Å². The molecule has 1 aliphatic heterocycles. The van der Waals surface area contributed by atoms with E-state index in [4.69, 9.17) is 15.7 Å². The Hall–Kier alpha value is -3.73. The van der Waals surface area contributed by atoms with Gasteiger partial charge in [-0.3, -0.25) is 4.90 Å². The molecule has 2 aromatic heterocycles. The average molecular weight is 530 g/mol. The third-order valence-corrected chi connectivity index (χ3v) is 7.05. The summed E-state index contributed by atoms with van der Waals surface area (Å²) in [4.78, 5) is 19.0. The van der Waals surface area contributed by atoms with Gasteiger partial charge in [0.05, 0.1) is 6.33 Å². The highest BCUT2D eigenvalue weighted by molar-refractivity contribution is 5.86. The zero-order valence-electron chi connectivity index (χ0n) is 22.5. The summed E-state index contributed by atoms with van der Waals surface area (Å²) >= 11 is 0. The van der Waals surface area contributed by atoms with Gasteiger partial charge in [-0.15, -0.1) is 0 Å². The van der Waals surface area contributed by atoms with Crippen LogP contribution in [-0.4, -0.2) is 75.4 Å². The van der Waals surface area contributed by atoms with E-state index in [9.17, 15) is 5.11 Å². The van der Waals surface area contributed by atoms with Crippen molar-refractivity contribution in [3.05, 3.63) is 66.5 Å². The molecule has 0 spiro atoms. The largest absolute Gasteiger partial charge is 0.396 e. The van der Waals surface area contributed by atoms with Crippen molar-refractivity contribution in [1.29, 1.82) is 0 Å². The van der Waals surface area contributed by atoms with Crippen molar-refractivity contribution in [3.8, 4) is 0 Å². The molecule has 10 nitrogen and oxygen atoms in total. The predicted molar refractivity (Wildman–Crippen MR) is 157 cm³/mol. The number of imidazole rings is 1. The van der Waals surface area contributed by atoms with E-state index in [0.717, 1.165) is 63.4 Å². The van der Waals surface area contributed by atoms with Crippen LogP contribution in [0.2, 0.25) is 0 Å². The molecule has 39 heavy (non-hydrogen) atoms. The summed E-state index contributed by atoms with van der Waals surface area (Å²) in [6.45, 7) is 7.30. The number of aliphatic hydroxyl groups excluding tert-OH is 1. The van der Waals surface area contributed by atoms with E-state index in [1.807, 2.05) is 4.57 Å². The highest BCUT2D eigenvalue weighted by Gasteiger charge is 2.18. The molecule has 5 rings (SSSR count). The van der Waals surface area contributed by atoms with Gasteiger partial charge >= 0.3 is 0 Å². The molecule has 1 saturated heterocycles. The van der Waals surface area contributed by atoms with E-state index in [-0.39, 0.29) is 6.61 Å². The molecule has 5 N–H and O–H groups in total. The number of nitrogens with two attached hydrogens (primary N) is 1. The zero-order chi connectivity index (χ0) is 26.9. The van der Waals surface area contributed by atoms with Crippen LogP contribution in [0.4, 0.5) is 23.1 Å². The van der Waals surface area contributed by atoms with E-state index in [2.05, 4.69) is 80.0 Å². The first kappa shape index (κ1) is 26.9. The average Bonchev–Trinajstić information content (AvgIpc) is 3.39. The number of rotatable bonds is 13. The van der Waals surface area contributed by atoms with Crippen LogP contribution in [-0.2, 0) is 13.1 Å². The van der Waals surface area contributed by atoms with E-state index >= 15 is 0 Å². The molecule has 2 aromatic carbocycles. The Balaban J connectivity index is 1.25. The smallest absolute Gasteiger partial charge is 0.226 e. The van der Waals surface area contributed by atoms with Crippen LogP contribution in [0.3, 0.4) is 0 Å². The minimum Gasteiger partial charge on any atom is -0.396 e. The van der Waals surface area contributed by atoms with Crippen LogP contribution in [0.1, 0.15) is 24.8 Å². The third-order valence-electron chi connectivity index (χ3n) is 7.05. The lowest BCUT2D eigenvalue weighted by atomic mass is 10.2. The lowest BCUT2D eigenvalue weighted by molar-refractivity contribution is 0.250. The van der Waals surface area contributed by atoms with Crippen molar-refractivity contribution in [2.45, 2.75) is 32.4 Å². The van der Waals surface area contributed by atoms with E-state index in [0.29, 0.717) is 36.8 Å². The van der Waals surface area contributed by atoms with Crippen LogP contribution in [0, 0.1) is 0 Å². The van der Waals surface area contributed by atoms with Gasteiger partial charge in [0.2, 0.25) is 5.95 Å². The first-order valence-electron chi connectivity index (χ1n) is 13.9. The molecular weight excluding hydrogens is 490 g/mol. The Bertz CT molecular complexity index is 1300. The minimum absolute atomic E-state index is 0.120. The number of aryl methyl sites for hydroxylation is 1. The van der Waals surface area contributed by atoms with E-state index in [1.165, 1.54) is 11.3 Å². The van der Waals surface area contributed by atoms with Gasteiger partial charge in [0.15, 0.2) is 17.0 Å². The molecule has 1 aliphatic rings. The van der Waals surface area contributed by atoms with Crippen LogP contribution in [0.5, 0.6) is 0 Å². The standard InChI is InChI=1S/C29H39N9O/c30-13-4-5-14-31-29-34-27(26-28(35-29)38(22-32-26)15-6-20-39)33-24-9-11-25(12-10-24)37-18-16-36(17-19-37)21-23-7-2-1-3-8-23/h1-3,7-12,22,39H,4-6,13-21,30H2,(H2,31,33,34,35). The SMILES string of the molecule is NCCCCNc1nc(Nc2ccc(N3CCN(Cc4ccccc4)CC3)cc2)c2ncn(CCCO)c2n1. The van der Waals surface area contributed by atoms with Crippen molar-refractivity contribution in [2.75, 3.05) is 61.4 Å². The lowest BCUT2D eigenvalue weighted by Crippen LogP contribution is -2.45. The Morgan fingerprint density at radius 1 is 0.897 bits per heavy atom. The monoisotopic (exact) mass is 529 g/mol. The molecule has 10 heteroatoms. The molecule has 0 unspecified atom stereocenters. The topological polar surface area (TPSA) is 120 Å². The van der Waals surface area contributed by atoms with Crippen LogP contribution in [0.25, 0.3) is 11.2 Å². The number of hydrogen-bond acceptors (Lipinski definition) is 9. The second-order valence-corrected chi connectivity index (χ2v) is 9.93. The van der Waals surface area contributed by atoms with Gasteiger partial charge < -0.3 is 30.9 Å². The number of unbranched alkanes of at least 4 members (excludes halogenated alkanes) is 1. The summed E-state index contributed by atoms with van der Waals surface area (Å²) in [7, 11) is 0. The van der Waals surface area contributed by atoms with Gasteiger partial charge in [-0.1, -0.05) is 30.3 Å². The molecule has 0 bridgehead atoms. The summed E-state index contributed by atoms with van der Waals surface area (Å²) in [6.07, 6.45) is 4.30. The summed E-state index contributed by atoms with van der Waals surface area (Å²) < 4.78 is 1.96. The number of fused-ring (bicyclic) bond motifs is 1. The lowest BCUT2D eigenvalue weighted by Gasteiger charge is -2.36. The molecule has 1 fully saturated rings. The molecule has 4 aromatic rings. The van der Waals surface area contributed by atoms with Gasteiger partial charge in [0, 0.05) is 63.8 Å².